The molecule has 5 nitrogen and oxygen atoms in total. The zero-order valence-corrected chi connectivity index (χ0v) is 20.0. The fraction of sp³-hybridized carbons (Fsp3) is 0.214. The van der Waals surface area contributed by atoms with Crippen LogP contribution in [-0.2, 0) is 16.0 Å². The molecule has 5 rings (SSSR count). The van der Waals surface area contributed by atoms with Crippen LogP contribution in [0.3, 0.4) is 0 Å². The first-order valence-electron chi connectivity index (χ1n) is 11.5. The first kappa shape index (κ1) is 22.3. The van der Waals surface area contributed by atoms with E-state index in [1.807, 2.05) is 18.2 Å². The Balaban J connectivity index is 1.49. The van der Waals surface area contributed by atoms with Crippen molar-refractivity contribution in [3.8, 4) is 21.7 Å². The molecule has 0 aliphatic rings. The van der Waals surface area contributed by atoms with Gasteiger partial charge in [0.25, 0.3) is 0 Å². The van der Waals surface area contributed by atoms with Gasteiger partial charge in [-0.05, 0) is 42.5 Å². The highest BCUT2D eigenvalue weighted by molar-refractivity contribution is 7.22. The molecule has 172 valence electrons. The lowest BCUT2D eigenvalue weighted by atomic mass is 10.1. The molecule has 5 aromatic rings. The van der Waals surface area contributed by atoms with Crippen molar-refractivity contribution in [3.05, 3.63) is 84.7 Å². The number of hydrogen-bond donors (Lipinski definition) is 1. The maximum Gasteiger partial charge on any atom is 0.220 e. The Morgan fingerprint density at radius 1 is 1.03 bits per heavy atom. The fourth-order valence-corrected chi connectivity index (χ4v) is 5.25. The SMILES string of the molecule is COCCCNC(=O)CCc1c(-c2ccccc2)nc2ccc(-c3cc4ccccc4s3)cn12. The molecule has 0 unspecified atom stereocenters. The van der Waals surface area contributed by atoms with E-state index in [1.54, 1.807) is 18.4 Å². The Morgan fingerprint density at radius 3 is 2.68 bits per heavy atom. The molecule has 1 N–H and O–H groups in total. The van der Waals surface area contributed by atoms with Gasteiger partial charge in [-0.2, -0.15) is 0 Å². The number of pyridine rings is 1. The number of imidazole rings is 1. The number of carbonyl (C=O) groups is 1. The molecule has 0 saturated heterocycles. The Bertz CT molecular complexity index is 1390. The van der Waals surface area contributed by atoms with Crippen LogP contribution in [0.4, 0.5) is 0 Å². The van der Waals surface area contributed by atoms with Gasteiger partial charge in [-0.3, -0.25) is 4.79 Å². The van der Waals surface area contributed by atoms with E-state index < -0.39 is 0 Å². The van der Waals surface area contributed by atoms with E-state index in [0.717, 1.165) is 34.6 Å². The second-order valence-corrected chi connectivity index (χ2v) is 9.35. The minimum Gasteiger partial charge on any atom is -0.385 e. The van der Waals surface area contributed by atoms with Crippen molar-refractivity contribution in [2.75, 3.05) is 20.3 Å². The van der Waals surface area contributed by atoms with E-state index in [9.17, 15) is 4.79 Å². The second kappa shape index (κ2) is 10.2. The van der Waals surface area contributed by atoms with E-state index in [1.165, 1.54) is 15.0 Å². The number of nitrogens with zero attached hydrogens (tertiary/aromatic N) is 2. The maximum absolute atomic E-state index is 12.5. The second-order valence-electron chi connectivity index (χ2n) is 8.26. The molecule has 3 heterocycles. The summed E-state index contributed by atoms with van der Waals surface area (Å²) >= 11 is 1.79. The van der Waals surface area contributed by atoms with E-state index in [0.29, 0.717) is 26.0 Å². The summed E-state index contributed by atoms with van der Waals surface area (Å²) in [6.07, 6.45) is 3.99. The van der Waals surface area contributed by atoms with Crippen molar-refractivity contribution in [3.63, 3.8) is 0 Å². The highest BCUT2D eigenvalue weighted by atomic mass is 32.1. The Labute approximate surface area is 203 Å². The van der Waals surface area contributed by atoms with E-state index in [-0.39, 0.29) is 5.91 Å². The summed E-state index contributed by atoms with van der Waals surface area (Å²) in [6, 6.07) is 25.1. The molecule has 0 radical (unpaired) electrons. The number of nitrogens with one attached hydrogen (secondary N) is 1. The van der Waals surface area contributed by atoms with Crippen molar-refractivity contribution in [2.24, 2.45) is 0 Å². The molecule has 6 heteroatoms. The highest BCUT2D eigenvalue weighted by Crippen LogP contribution is 2.34. The fourth-order valence-electron chi connectivity index (χ4n) is 4.19. The van der Waals surface area contributed by atoms with Gasteiger partial charge < -0.3 is 14.5 Å². The largest absolute Gasteiger partial charge is 0.385 e. The first-order chi connectivity index (χ1) is 16.7. The third-order valence-electron chi connectivity index (χ3n) is 5.91. The number of ether oxygens (including phenoxy) is 1. The monoisotopic (exact) mass is 469 g/mol. The topological polar surface area (TPSA) is 55.6 Å². The van der Waals surface area contributed by atoms with Crippen LogP contribution in [-0.4, -0.2) is 35.6 Å². The summed E-state index contributed by atoms with van der Waals surface area (Å²) in [7, 11) is 1.67. The molecule has 0 fully saturated rings. The molecular weight excluding hydrogens is 442 g/mol. The first-order valence-corrected chi connectivity index (χ1v) is 12.4. The molecular formula is C28H27N3O2S. The molecule has 0 bridgehead atoms. The van der Waals surface area contributed by atoms with Crippen LogP contribution in [0.5, 0.6) is 0 Å². The number of aromatic nitrogens is 2. The molecule has 3 aromatic heterocycles. The third kappa shape index (κ3) is 4.74. The standard InChI is InChI=1S/C28H27N3O2S/c1-33-17-7-16-29-27(32)15-13-23-28(20-8-3-2-4-9-20)30-26-14-12-22(19-31(23)26)25-18-21-10-5-6-11-24(21)34-25/h2-6,8-12,14,18-19H,7,13,15-17H2,1H3,(H,29,32). The Kier molecular flexibility index (Phi) is 6.70. The van der Waals surface area contributed by atoms with Crippen molar-refractivity contribution < 1.29 is 9.53 Å². The van der Waals surface area contributed by atoms with Crippen LogP contribution in [0.15, 0.2) is 79.0 Å². The molecule has 1 amide bonds. The van der Waals surface area contributed by atoms with Crippen LogP contribution in [0.1, 0.15) is 18.5 Å². The molecule has 0 saturated carbocycles. The lowest BCUT2D eigenvalue weighted by molar-refractivity contribution is -0.121. The van der Waals surface area contributed by atoms with Gasteiger partial charge in [0.2, 0.25) is 5.91 Å². The number of methoxy groups -OCH3 is 1. The van der Waals surface area contributed by atoms with Gasteiger partial charge in [0.05, 0.1) is 11.4 Å². The molecule has 0 aliphatic carbocycles. The summed E-state index contributed by atoms with van der Waals surface area (Å²) in [5, 5.41) is 4.25. The summed E-state index contributed by atoms with van der Waals surface area (Å²) in [4.78, 5) is 18.7. The number of amides is 1. The number of hydrogen-bond acceptors (Lipinski definition) is 4. The van der Waals surface area contributed by atoms with Crippen LogP contribution in [0.2, 0.25) is 0 Å². The lowest BCUT2D eigenvalue weighted by Gasteiger charge is -2.08. The quantitative estimate of drug-likeness (QED) is 0.271. The average molecular weight is 470 g/mol. The zero-order chi connectivity index (χ0) is 23.3. The highest BCUT2D eigenvalue weighted by Gasteiger charge is 2.16. The number of aryl methyl sites for hydroxylation is 1. The van der Waals surface area contributed by atoms with Gasteiger partial charge >= 0.3 is 0 Å². The lowest BCUT2D eigenvalue weighted by Crippen LogP contribution is -2.25. The minimum absolute atomic E-state index is 0.0470. The van der Waals surface area contributed by atoms with Crippen molar-refractivity contribution in [2.45, 2.75) is 19.3 Å². The van der Waals surface area contributed by atoms with Crippen molar-refractivity contribution >= 4 is 33.0 Å². The van der Waals surface area contributed by atoms with Crippen molar-refractivity contribution in [1.82, 2.24) is 14.7 Å². The van der Waals surface area contributed by atoms with Crippen LogP contribution >= 0.6 is 11.3 Å². The number of thiophene rings is 1. The Hall–Kier alpha value is -3.48. The summed E-state index contributed by atoms with van der Waals surface area (Å²) in [6.45, 7) is 1.27. The van der Waals surface area contributed by atoms with Crippen molar-refractivity contribution in [1.29, 1.82) is 0 Å². The summed E-state index contributed by atoms with van der Waals surface area (Å²) < 4.78 is 8.49. The van der Waals surface area contributed by atoms with Gasteiger partial charge in [-0.25, -0.2) is 4.98 Å². The van der Waals surface area contributed by atoms with E-state index in [2.05, 4.69) is 70.5 Å². The van der Waals surface area contributed by atoms with Crippen LogP contribution in [0.25, 0.3) is 37.4 Å². The Morgan fingerprint density at radius 2 is 1.85 bits per heavy atom. The van der Waals surface area contributed by atoms with Gasteiger partial charge in [-0.1, -0.05) is 48.5 Å². The van der Waals surface area contributed by atoms with Gasteiger partial charge in [0.1, 0.15) is 5.65 Å². The van der Waals surface area contributed by atoms with Crippen LogP contribution in [0, 0.1) is 0 Å². The van der Waals surface area contributed by atoms with Gasteiger partial charge in [0.15, 0.2) is 0 Å². The van der Waals surface area contributed by atoms with Gasteiger partial charge in [-0.15, -0.1) is 11.3 Å². The number of rotatable bonds is 9. The normalized spacial score (nSPS) is 11.3. The average Bonchev–Trinajstić information content (AvgIpc) is 3.47. The molecule has 0 atom stereocenters. The molecule has 0 aliphatic heterocycles. The summed E-state index contributed by atoms with van der Waals surface area (Å²) in [5.41, 5.74) is 5.08. The molecule has 0 spiro atoms. The number of benzene rings is 2. The summed E-state index contributed by atoms with van der Waals surface area (Å²) in [5.74, 6) is 0.0470. The predicted molar refractivity (Wildman–Crippen MR) is 139 cm³/mol. The number of fused-ring (bicyclic) bond motifs is 2. The molecule has 34 heavy (non-hydrogen) atoms. The zero-order valence-electron chi connectivity index (χ0n) is 19.2. The van der Waals surface area contributed by atoms with E-state index >= 15 is 0 Å². The van der Waals surface area contributed by atoms with E-state index in [4.69, 9.17) is 9.72 Å². The minimum atomic E-state index is 0.0470. The maximum atomic E-state index is 12.5. The third-order valence-corrected chi connectivity index (χ3v) is 7.08. The number of carbonyl (C=O) groups excluding carboxylic acids is 1. The molecule has 2 aromatic carbocycles. The predicted octanol–water partition coefficient (Wildman–Crippen LogP) is 5.97. The van der Waals surface area contributed by atoms with Crippen LogP contribution < -0.4 is 5.32 Å². The van der Waals surface area contributed by atoms with Gasteiger partial charge in [0, 0.05) is 53.6 Å². The smallest absolute Gasteiger partial charge is 0.220 e.